The number of nitrogen functional groups attached to an aromatic ring is 1. The second-order valence-corrected chi connectivity index (χ2v) is 7.69. The Hall–Kier alpha value is -2.55. The van der Waals surface area contributed by atoms with Crippen LogP contribution < -0.4 is 11.1 Å². The SMILES string of the molecule is Nc1nc2c(Nc3ccc(F)c(Cl)c3)ncnc2cc1CCCCN1CCOCC1. The molecular formula is C21H24ClFN6O. The van der Waals surface area contributed by atoms with E-state index in [4.69, 9.17) is 22.1 Å². The summed E-state index contributed by atoms with van der Waals surface area (Å²) in [5, 5.41) is 3.15. The van der Waals surface area contributed by atoms with E-state index in [9.17, 15) is 4.39 Å². The summed E-state index contributed by atoms with van der Waals surface area (Å²) in [5.74, 6) is 0.493. The van der Waals surface area contributed by atoms with E-state index in [0.29, 0.717) is 28.4 Å². The van der Waals surface area contributed by atoms with Crippen molar-refractivity contribution in [2.24, 2.45) is 0 Å². The number of hydrogen-bond acceptors (Lipinski definition) is 7. The number of nitrogens with two attached hydrogens (primary N) is 1. The van der Waals surface area contributed by atoms with Gasteiger partial charge in [0.1, 0.15) is 23.5 Å². The average Bonchev–Trinajstić information content (AvgIpc) is 2.75. The van der Waals surface area contributed by atoms with Gasteiger partial charge in [-0.1, -0.05) is 11.6 Å². The molecular weight excluding hydrogens is 407 g/mol. The third-order valence-electron chi connectivity index (χ3n) is 5.18. The van der Waals surface area contributed by atoms with Gasteiger partial charge in [0, 0.05) is 18.8 Å². The number of aryl methyl sites for hydroxylation is 1. The molecule has 9 heteroatoms. The van der Waals surface area contributed by atoms with E-state index >= 15 is 0 Å². The molecule has 3 aromatic rings. The van der Waals surface area contributed by atoms with Crippen LogP contribution in [0.2, 0.25) is 5.02 Å². The Morgan fingerprint density at radius 2 is 2.00 bits per heavy atom. The highest BCUT2D eigenvalue weighted by Crippen LogP contribution is 2.27. The molecule has 0 aliphatic carbocycles. The molecule has 1 fully saturated rings. The van der Waals surface area contributed by atoms with Crippen LogP contribution in [0.5, 0.6) is 0 Å². The van der Waals surface area contributed by atoms with Gasteiger partial charge in [0.25, 0.3) is 0 Å². The Morgan fingerprint density at radius 3 is 2.80 bits per heavy atom. The fraction of sp³-hybridized carbons (Fsp3) is 0.381. The molecule has 0 radical (unpaired) electrons. The summed E-state index contributed by atoms with van der Waals surface area (Å²) in [4.78, 5) is 15.6. The molecule has 0 bridgehead atoms. The fourth-order valence-corrected chi connectivity index (χ4v) is 3.70. The van der Waals surface area contributed by atoms with Crippen LogP contribution in [-0.2, 0) is 11.2 Å². The quantitative estimate of drug-likeness (QED) is 0.551. The molecule has 3 heterocycles. The Bertz CT molecular complexity index is 1030. The smallest absolute Gasteiger partial charge is 0.160 e. The predicted octanol–water partition coefficient (Wildman–Crippen LogP) is 3.80. The number of nitrogens with one attached hydrogen (secondary N) is 1. The zero-order valence-electron chi connectivity index (χ0n) is 16.6. The Morgan fingerprint density at radius 1 is 1.17 bits per heavy atom. The van der Waals surface area contributed by atoms with Crippen LogP contribution in [0.15, 0.2) is 30.6 Å². The van der Waals surface area contributed by atoms with E-state index in [1.54, 1.807) is 6.07 Å². The maximum absolute atomic E-state index is 13.4. The van der Waals surface area contributed by atoms with Crippen molar-refractivity contribution in [1.82, 2.24) is 19.9 Å². The number of anilines is 3. The van der Waals surface area contributed by atoms with E-state index in [-0.39, 0.29) is 5.02 Å². The molecule has 0 saturated carbocycles. The molecule has 0 unspecified atom stereocenters. The first-order chi connectivity index (χ1) is 14.6. The van der Waals surface area contributed by atoms with Gasteiger partial charge in [-0.2, -0.15) is 0 Å². The van der Waals surface area contributed by atoms with Crippen LogP contribution in [0.1, 0.15) is 18.4 Å². The van der Waals surface area contributed by atoms with Crippen molar-refractivity contribution in [3.8, 4) is 0 Å². The fourth-order valence-electron chi connectivity index (χ4n) is 3.52. The lowest BCUT2D eigenvalue weighted by molar-refractivity contribution is 0.0372. The molecule has 3 N–H and O–H groups in total. The summed E-state index contributed by atoms with van der Waals surface area (Å²) in [6, 6.07) is 6.35. The molecule has 1 saturated heterocycles. The molecule has 0 spiro atoms. The minimum absolute atomic E-state index is 0.0326. The average molecular weight is 431 g/mol. The molecule has 0 amide bonds. The normalized spacial score (nSPS) is 14.9. The van der Waals surface area contributed by atoms with E-state index < -0.39 is 5.82 Å². The van der Waals surface area contributed by atoms with Gasteiger partial charge in [-0.05, 0) is 55.6 Å². The summed E-state index contributed by atoms with van der Waals surface area (Å²) in [7, 11) is 0. The topological polar surface area (TPSA) is 89.2 Å². The van der Waals surface area contributed by atoms with Crippen LogP contribution in [0, 0.1) is 5.82 Å². The first-order valence-corrected chi connectivity index (χ1v) is 10.4. The minimum Gasteiger partial charge on any atom is -0.383 e. The Kier molecular flexibility index (Phi) is 6.56. The number of hydrogen-bond donors (Lipinski definition) is 2. The van der Waals surface area contributed by atoms with Gasteiger partial charge in [-0.3, -0.25) is 4.90 Å². The highest BCUT2D eigenvalue weighted by atomic mass is 35.5. The molecule has 0 atom stereocenters. The maximum Gasteiger partial charge on any atom is 0.160 e. The van der Waals surface area contributed by atoms with Crippen molar-refractivity contribution in [2.75, 3.05) is 43.9 Å². The summed E-state index contributed by atoms with van der Waals surface area (Å²) >= 11 is 5.86. The Balaban J connectivity index is 1.45. The van der Waals surface area contributed by atoms with Crippen molar-refractivity contribution in [2.45, 2.75) is 19.3 Å². The van der Waals surface area contributed by atoms with Gasteiger partial charge >= 0.3 is 0 Å². The van der Waals surface area contributed by atoms with Crippen LogP contribution in [-0.4, -0.2) is 52.7 Å². The first-order valence-electron chi connectivity index (χ1n) is 10.0. The number of halogens is 2. The number of unbranched alkanes of at least 4 members (excludes halogenated alkanes) is 1. The van der Waals surface area contributed by atoms with Crippen LogP contribution >= 0.6 is 11.6 Å². The second-order valence-electron chi connectivity index (χ2n) is 7.29. The minimum atomic E-state index is -0.476. The number of aromatic nitrogens is 3. The van der Waals surface area contributed by atoms with Gasteiger partial charge in [-0.15, -0.1) is 0 Å². The van der Waals surface area contributed by atoms with Gasteiger partial charge in [-0.25, -0.2) is 19.3 Å². The number of benzene rings is 1. The molecule has 158 valence electrons. The third kappa shape index (κ3) is 4.95. The van der Waals surface area contributed by atoms with Crippen molar-refractivity contribution < 1.29 is 9.13 Å². The largest absolute Gasteiger partial charge is 0.383 e. The van der Waals surface area contributed by atoms with Gasteiger partial charge in [0.05, 0.1) is 23.8 Å². The second kappa shape index (κ2) is 9.51. The van der Waals surface area contributed by atoms with Crippen molar-refractivity contribution in [3.63, 3.8) is 0 Å². The maximum atomic E-state index is 13.4. The van der Waals surface area contributed by atoms with Crippen LogP contribution in [0.3, 0.4) is 0 Å². The molecule has 2 aromatic heterocycles. The van der Waals surface area contributed by atoms with E-state index in [0.717, 1.165) is 57.7 Å². The van der Waals surface area contributed by atoms with Gasteiger partial charge < -0.3 is 15.8 Å². The highest BCUT2D eigenvalue weighted by Gasteiger charge is 2.12. The van der Waals surface area contributed by atoms with E-state index in [2.05, 4.69) is 25.2 Å². The van der Waals surface area contributed by atoms with Crippen molar-refractivity contribution in [1.29, 1.82) is 0 Å². The number of morpholine rings is 1. The summed E-state index contributed by atoms with van der Waals surface area (Å²) < 4.78 is 18.8. The van der Waals surface area contributed by atoms with Gasteiger partial charge in [0.2, 0.25) is 0 Å². The summed E-state index contributed by atoms with van der Waals surface area (Å²) in [6.07, 6.45) is 4.44. The molecule has 30 heavy (non-hydrogen) atoms. The molecule has 1 aliphatic rings. The van der Waals surface area contributed by atoms with Crippen LogP contribution in [0.25, 0.3) is 11.0 Å². The highest BCUT2D eigenvalue weighted by molar-refractivity contribution is 6.31. The number of rotatable bonds is 7. The number of nitrogens with zero attached hydrogens (tertiary/aromatic N) is 4. The lowest BCUT2D eigenvalue weighted by Crippen LogP contribution is -2.36. The monoisotopic (exact) mass is 430 g/mol. The zero-order valence-corrected chi connectivity index (χ0v) is 17.3. The standard InChI is InChI=1S/C21H24ClFN6O/c22-16-12-15(4-5-17(16)23)27-21-19-18(25-13-26-21)11-14(20(24)28-19)3-1-2-6-29-7-9-30-10-8-29/h4-5,11-13H,1-3,6-10H2,(H2,24,28)(H,25,26,27). The Labute approximate surface area is 179 Å². The number of ether oxygens (including phenoxy) is 1. The third-order valence-corrected chi connectivity index (χ3v) is 5.47. The molecule has 4 rings (SSSR count). The predicted molar refractivity (Wildman–Crippen MR) is 117 cm³/mol. The van der Waals surface area contributed by atoms with Crippen molar-refractivity contribution >= 4 is 40.0 Å². The number of fused-ring (bicyclic) bond motifs is 1. The summed E-state index contributed by atoms with van der Waals surface area (Å²) in [5.41, 5.74) is 9.09. The van der Waals surface area contributed by atoms with Crippen LogP contribution in [0.4, 0.5) is 21.7 Å². The molecule has 7 nitrogen and oxygen atoms in total. The first kappa shape index (κ1) is 20.7. The van der Waals surface area contributed by atoms with E-state index in [1.807, 2.05) is 6.07 Å². The number of pyridine rings is 1. The van der Waals surface area contributed by atoms with Gasteiger partial charge in [0.15, 0.2) is 5.82 Å². The molecule has 1 aliphatic heterocycles. The lowest BCUT2D eigenvalue weighted by Gasteiger charge is -2.26. The van der Waals surface area contributed by atoms with Crippen molar-refractivity contribution in [3.05, 3.63) is 47.0 Å². The summed E-state index contributed by atoms with van der Waals surface area (Å²) in [6.45, 7) is 4.72. The lowest BCUT2D eigenvalue weighted by atomic mass is 10.1. The molecule has 1 aromatic carbocycles. The van der Waals surface area contributed by atoms with E-state index in [1.165, 1.54) is 18.5 Å². The zero-order chi connectivity index (χ0) is 20.9.